The summed E-state index contributed by atoms with van der Waals surface area (Å²) in [6.45, 7) is 1.52. The molecule has 6 nitrogen and oxygen atoms in total. The summed E-state index contributed by atoms with van der Waals surface area (Å²) in [6.07, 6.45) is 1.27. The summed E-state index contributed by atoms with van der Waals surface area (Å²) in [5.74, 6) is -0.633. The molecule has 1 heterocycles. The molecule has 1 atom stereocenters. The first kappa shape index (κ1) is 16.3. The van der Waals surface area contributed by atoms with Crippen molar-refractivity contribution in [3.63, 3.8) is 0 Å². The second-order valence-electron chi connectivity index (χ2n) is 4.67. The molecule has 0 bridgehead atoms. The van der Waals surface area contributed by atoms with Crippen LogP contribution in [0.2, 0.25) is 0 Å². The molecule has 0 unspecified atom stereocenters. The zero-order valence-corrected chi connectivity index (χ0v) is 13.1. The normalized spacial score (nSPS) is 13.0. The third-order valence-corrected chi connectivity index (χ3v) is 5.02. The van der Waals surface area contributed by atoms with Gasteiger partial charge in [-0.1, -0.05) is 30.3 Å². The van der Waals surface area contributed by atoms with Crippen LogP contribution in [-0.2, 0) is 26.1 Å². The highest BCUT2D eigenvalue weighted by atomic mass is 32.2. The number of rotatable bonds is 6. The van der Waals surface area contributed by atoms with Gasteiger partial charge < -0.3 is 9.15 Å². The number of furan rings is 1. The van der Waals surface area contributed by atoms with E-state index in [0.29, 0.717) is 0 Å². The van der Waals surface area contributed by atoms with Crippen LogP contribution in [0.3, 0.4) is 0 Å². The summed E-state index contributed by atoms with van der Waals surface area (Å²) in [6, 6.07) is 10.9. The van der Waals surface area contributed by atoms with Crippen molar-refractivity contribution in [1.82, 2.24) is 4.31 Å². The van der Waals surface area contributed by atoms with Crippen LogP contribution in [0.5, 0.6) is 0 Å². The number of methoxy groups -OCH3 is 1. The van der Waals surface area contributed by atoms with E-state index in [0.717, 1.165) is 9.87 Å². The number of esters is 1. The van der Waals surface area contributed by atoms with Crippen molar-refractivity contribution in [2.75, 3.05) is 7.11 Å². The predicted molar refractivity (Wildman–Crippen MR) is 79.4 cm³/mol. The third-order valence-electron chi connectivity index (χ3n) is 3.21. The standard InChI is InChI=1S/C15H17NO5S/c1-12(15(17)20-2)16(11-13-7-4-3-5-8-13)22(18,19)14-9-6-10-21-14/h3-10,12H,11H2,1-2H3/t12-/m1/s1. The lowest BCUT2D eigenvalue weighted by molar-refractivity contribution is -0.144. The minimum Gasteiger partial charge on any atom is -0.468 e. The van der Waals surface area contributed by atoms with Crippen molar-refractivity contribution in [2.45, 2.75) is 24.6 Å². The van der Waals surface area contributed by atoms with E-state index in [9.17, 15) is 13.2 Å². The molecule has 22 heavy (non-hydrogen) atoms. The van der Waals surface area contributed by atoms with Gasteiger partial charge in [-0.15, -0.1) is 0 Å². The second kappa shape index (κ2) is 6.76. The molecular formula is C15H17NO5S. The van der Waals surface area contributed by atoms with Gasteiger partial charge in [-0.3, -0.25) is 4.79 Å². The Bertz CT molecular complexity index is 710. The Morgan fingerprint density at radius 1 is 1.23 bits per heavy atom. The Hall–Kier alpha value is -2.12. The third kappa shape index (κ3) is 3.37. The molecule has 0 spiro atoms. The molecule has 0 saturated carbocycles. The number of hydrogen-bond acceptors (Lipinski definition) is 5. The van der Waals surface area contributed by atoms with Crippen LogP contribution in [-0.4, -0.2) is 31.8 Å². The second-order valence-corrected chi connectivity index (χ2v) is 6.49. The molecule has 1 aromatic heterocycles. The lowest BCUT2D eigenvalue weighted by Crippen LogP contribution is -2.43. The van der Waals surface area contributed by atoms with Gasteiger partial charge in [0.05, 0.1) is 13.4 Å². The molecule has 0 aliphatic rings. The summed E-state index contributed by atoms with van der Waals surface area (Å²) in [5, 5.41) is -0.209. The van der Waals surface area contributed by atoms with Gasteiger partial charge in [0.1, 0.15) is 6.04 Å². The minimum atomic E-state index is -3.94. The van der Waals surface area contributed by atoms with Crippen LogP contribution in [0.4, 0.5) is 0 Å². The Labute approximate surface area is 129 Å². The largest absolute Gasteiger partial charge is 0.468 e. The maximum atomic E-state index is 12.7. The zero-order valence-electron chi connectivity index (χ0n) is 12.3. The highest BCUT2D eigenvalue weighted by Crippen LogP contribution is 2.22. The van der Waals surface area contributed by atoms with E-state index < -0.39 is 22.0 Å². The quantitative estimate of drug-likeness (QED) is 0.760. The van der Waals surface area contributed by atoms with Crippen molar-refractivity contribution < 1.29 is 22.4 Å². The van der Waals surface area contributed by atoms with Gasteiger partial charge in [0.2, 0.25) is 5.09 Å². The smallest absolute Gasteiger partial charge is 0.323 e. The average Bonchev–Trinajstić information content (AvgIpc) is 3.07. The number of benzene rings is 1. The van der Waals surface area contributed by atoms with E-state index in [-0.39, 0.29) is 11.6 Å². The van der Waals surface area contributed by atoms with E-state index in [1.165, 1.54) is 32.4 Å². The number of carbonyl (C=O) groups excluding carboxylic acids is 1. The lowest BCUT2D eigenvalue weighted by Gasteiger charge is -2.25. The van der Waals surface area contributed by atoms with Crippen LogP contribution in [0.25, 0.3) is 0 Å². The van der Waals surface area contributed by atoms with Crippen molar-refractivity contribution >= 4 is 16.0 Å². The van der Waals surface area contributed by atoms with E-state index in [1.807, 2.05) is 6.07 Å². The molecule has 0 fully saturated rings. The van der Waals surface area contributed by atoms with Gasteiger partial charge in [0.25, 0.3) is 10.0 Å². The molecule has 0 aliphatic heterocycles. The first-order valence-corrected chi connectivity index (χ1v) is 8.08. The van der Waals surface area contributed by atoms with Crippen LogP contribution in [0.1, 0.15) is 12.5 Å². The van der Waals surface area contributed by atoms with Crippen LogP contribution >= 0.6 is 0 Å². The Morgan fingerprint density at radius 2 is 1.91 bits per heavy atom. The predicted octanol–water partition coefficient (Wildman–Crippen LogP) is 2.03. The highest BCUT2D eigenvalue weighted by molar-refractivity contribution is 7.89. The first-order valence-electron chi connectivity index (χ1n) is 6.64. The SMILES string of the molecule is COC(=O)[C@@H](C)N(Cc1ccccc1)S(=O)(=O)c1ccco1. The van der Waals surface area contributed by atoms with Crippen molar-refractivity contribution in [2.24, 2.45) is 0 Å². The van der Waals surface area contributed by atoms with Gasteiger partial charge in [-0.05, 0) is 24.6 Å². The maximum absolute atomic E-state index is 12.7. The molecule has 2 rings (SSSR count). The molecule has 118 valence electrons. The number of hydrogen-bond donors (Lipinski definition) is 0. The van der Waals surface area contributed by atoms with Gasteiger partial charge in [-0.25, -0.2) is 8.42 Å². The number of carbonyl (C=O) groups is 1. The summed E-state index contributed by atoms with van der Waals surface area (Å²) in [4.78, 5) is 11.8. The fourth-order valence-electron chi connectivity index (χ4n) is 2.01. The van der Waals surface area contributed by atoms with Gasteiger partial charge in [-0.2, -0.15) is 4.31 Å². The zero-order chi connectivity index (χ0) is 16.2. The van der Waals surface area contributed by atoms with Crippen molar-refractivity contribution in [1.29, 1.82) is 0 Å². The highest BCUT2D eigenvalue weighted by Gasteiger charge is 2.35. The molecule has 0 amide bonds. The monoisotopic (exact) mass is 323 g/mol. The molecule has 0 aliphatic carbocycles. The van der Waals surface area contributed by atoms with E-state index in [1.54, 1.807) is 24.3 Å². The van der Waals surface area contributed by atoms with Crippen LogP contribution < -0.4 is 0 Å². The van der Waals surface area contributed by atoms with E-state index in [4.69, 9.17) is 4.42 Å². The summed E-state index contributed by atoms with van der Waals surface area (Å²) in [7, 11) is -2.72. The Balaban J connectivity index is 2.39. The number of ether oxygens (including phenoxy) is 1. The van der Waals surface area contributed by atoms with E-state index >= 15 is 0 Å². The van der Waals surface area contributed by atoms with Crippen molar-refractivity contribution in [3.05, 3.63) is 54.3 Å². The molecule has 7 heteroatoms. The molecule has 0 radical (unpaired) electrons. The van der Waals surface area contributed by atoms with Gasteiger partial charge in [0.15, 0.2) is 0 Å². The fraction of sp³-hybridized carbons (Fsp3) is 0.267. The summed E-state index contributed by atoms with van der Waals surface area (Å²) < 4.78 is 36.1. The van der Waals surface area contributed by atoms with Crippen LogP contribution in [0.15, 0.2) is 58.2 Å². The Morgan fingerprint density at radius 3 is 2.45 bits per heavy atom. The summed E-state index contributed by atoms with van der Waals surface area (Å²) in [5.41, 5.74) is 0.758. The molecule has 0 N–H and O–H groups in total. The topological polar surface area (TPSA) is 76.8 Å². The maximum Gasteiger partial charge on any atom is 0.323 e. The number of sulfonamides is 1. The van der Waals surface area contributed by atoms with Gasteiger partial charge >= 0.3 is 5.97 Å². The minimum absolute atomic E-state index is 0.0418. The average molecular weight is 323 g/mol. The first-order chi connectivity index (χ1) is 10.5. The fourth-order valence-corrected chi connectivity index (χ4v) is 3.49. The molecule has 0 saturated heterocycles. The lowest BCUT2D eigenvalue weighted by atomic mass is 10.2. The number of nitrogens with zero attached hydrogens (tertiary/aromatic N) is 1. The van der Waals surface area contributed by atoms with Gasteiger partial charge in [0, 0.05) is 6.54 Å². The summed E-state index contributed by atoms with van der Waals surface area (Å²) >= 11 is 0. The van der Waals surface area contributed by atoms with Crippen LogP contribution in [0, 0.1) is 0 Å². The van der Waals surface area contributed by atoms with Crippen molar-refractivity contribution in [3.8, 4) is 0 Å². The Kier molecular flexibility index (Phi) is 4.99. The molecule has 2 aromatic rings. The molecule has 1 aromatic carbocycles. The van der Waals surface area contributed by atoms with E-state index in [2.05, 4.69) is 4.74 Å². The molecular weight excluding hydrogens is 306 g/mol.